The van der Waals surface area contributed by atoms with Crippen molar-refractivity contribution in [2.75, 3.05) is 13.5 Å². The van der Waals surface area contributed by atoms with Crippen molar-refractivity contribution in [3.05, 3.63) is 71.3 Å². The van der Waals surface area contributed by atoms with Crippen molar-refractivity contribution >= 4 is 23.7 Å². The average Bonchev–Trinajstić information content (AvgIpc) is 2.57. The van der Waals surface area contributed by atoms with E-state index in [2.05, 4.69) is 10.6 Å². The molecule has 0 amide bonds. The van der Waals surface area contributed by atoms with Crippen molar-refractivity contribution in [3.8, 4) is 0 Å². The fourth-order valence-corrected chi connectivity index (χ4v) is 1.27. The quantitative estimate of drug-likeness (QED) is 0.237. The van der Waals surface area contributed by atoms with Gasteiger partial charge in [-0.15, -0.1) is 11.4 Å². The first kappa shape index (κ1) is 33.3. The van der Waals surface area contributed by atoms with Crippen molar-refractivity contribution in [2.24, 2.45) is 0 Å². The average molecular weight is 570 g/mol. The van der Waals surface area contributed by atoms with Crippen molar-refractivity contribution < 1.29 is 79.2 Å². The van der Waals surface area contributed by atoms with Gasteiger partial charge in [-0.3, -0.25) is 0 Å². The van der Waals surface area contributed by atoms with Gasteiger partial charge in [0.05, 0.1) is 0 Å². The molecule has 0 unspecified atom stereocenters. The summed E-state index contributed by atoms with van der Waals surface area (Å²) in [6, 6.07) is 19.7. The maximum Gasteiger partial charge on any atom is 1.00 e. The molecule has 0 aromatic heterocycles. The van der Waals surface area contributed by atoms with E-state index < -0.39 is 19.1 Å². The Morgan fingerprint density at radius 3 is 1.07 bits per heavy atom. The largest absolute Gasteiger partial charge is 1.00 e. The first-order chi connectivity index (χ1) is 12.3. The number of benzene rings is 2. The summed E-state index contributed by atoms with van der Waals surface area (Å²) in [6.07, 6.45) is -3.67. The molecule has 0 aliphatic rings. The fourth-order valence-electron chi connectivity index (χ4n) is 1.27. The summed E-state index contributed by atoms with van der Waals surface area (Å²) in [5.74, 6) is 0. The van der Waals surface area contributed by atoms with E-state index in [4.69, 9.17) is 40.2 Å². The van der Waals surface area contributed by atoms with Gasteiger partial charge in [-0.05, 0) is 0 Å². The zero-order chi connectivity index (χ0) is 20.2. The molecule has 12 heteroatoms. The van der Waals surface area contributed by atoms with Crippen LogP contribution in [0.2, 0.25) is 0 Å². The molecule has 0 aliphatic carbocycles. The molecule has 2 radical (unpaired) electrons. The van der Waals surface area contributed by atoms with Gasteiger partial charge in [0, 0.05) is 0 Å². The summed E-state index contributed by atoms with van der Waals surface area (Å²) in [6.45, 7) is -0.270. The maximum atomic E-state index is 8.56. The summed E-state index contributed by atoms with van der Waals surface area (Å²) < 4.78 is 0. The second kappa shape index (κ2) is 24.7. The number of hydrogen-bond donors (Lipinski definition) is 6. The molecule has 2 rings (SSSR count). The van der Waals surface area contributed by atoms with Crippen LogP contribution in [0.25, 0.3) is 10.6 Å². The number of hydrogen-bond acceptors (Lipinski definition) is 4. The summed E-state index contributed by atoms with van der Waals surface area (Å²) in [4.78, 5) is 17.1. The van der Waals surface area contributed by atoms with Gasteiger partial charge in [0.25, 0.3) is 0 Å². The van der Waals surface area contributed by atoms with Gasteiger partial charge in [-0.2, -0.15) is 0 Å². The summed E-state index contributed by atoms with van der Waals surface area (Å²) in [5.41, 5.74) is 1.94. The third-order valence-corrected chi connectivity index (χ3v) is 2.02. The van der Waals surface area contributed by atoms with Crippen LogP contribution in [-0.4, -0.2) is 56.4 Å². The zero-order valence-corrected chi connectivity index (χ0v) is 17.8. The van der Waals surface area contributed by atoms with Crippen LogP contribution in [0, 0.1) is 0 Å². The first-order valence-electron chi connectivity index (χ1n) is 6.84. The Bertz CT molecular complexity index is 532. The molecule has 0 atom stereocenters. The molecular formula is C16H20N2O8Ru2. The minimum atomic E-state index is -1.83. The Morgan fingerprint density at radius 2 is 0.857 bits per heavy atom. The van der Waals surface area contributed by atoms with Crippen molar-refractivity contribution in [1.82, 2.24) is 0 Å². The maximum absolute atomic E-state index is 8.56. The van der Waals surface area contributed by atoms with E-state index in [1.165, 1.54) is 0 Å². The molecule has 0 fully saturated rings. The van der Waals surface area contributed by atoms with Crippen LogP contribution >= 0.6 is 0 Å². The zero-order valence-electron chi connectivity index (χ0n) is 14.3. The Labute approximate surface area is 187 Å². The number of aliphatic hydroxyl groups excluding tert-OH is 1. The summed E-state index contributed by atoms with van der Waals surface area (Å²) in [5, 5.41) is 50.8. The van der Waals surface area contributed by atoms with Gasteiger partial charge < -0.3 is 41.3 Å². The number of aliphatic hydroxyl groups is 2. The molecule has 28 heavy (non-hydrogen) atoms. The van der Waals surface area contributed by atoms with Crippen molar-refractivity contribution in [1.29, 1.82) is 0 Å². The van der Waals surface area contributed by atoms with Gasteiger partial charge in [0.1, 0.15) is 6.79 Å². The molecular weight excluding hydrogens is 550 g/mol. The van der Waals surface area contributed by atoms with E-state index in [9.17, 15) is 0 Å². The molecule has 2 aromatic carbocycles. The topological polar surface area (TPSA) is 184 Å². The SMILES string of the molecule is O=C(O)O.O=C(O)O.OCO.[Ru+].[Ru+].c1ccc([N-]C[N-]c2ccccc2)cc1. The molecule has 0 aliphatic heterocycles. The Balaban J connectivity index is -0.000000187. The van der Waals surface area contributed by atoms with E-state index in [1.54, 1.807) is 0 Å². The third kappa shape index (κ3) is 31.5. The summed E-state index contributed by atoms with van der Waals surface area (Å²) >= 11 is 0. The molecule has 0 bridgehead atoms. The normalized spacial score (nSPS) is 7.50. The number of carbonyl (C=O) groups is 2. The van der Waals surface area contributed by atoms with Gasteiger partial charge in [0.15, 0.2) is 0 Å². The fraction of sp³-hybridized carbons (Fsp3) is 0.125. The van der Waals surface area contributed by atoms with Crippen LogP contribution in [0.3, 0.4) is 0 Å². The molecule has 6 N–H and O–H groups in total. The Kier molecular flexibility index (Phi) is 29.5. The predicted molar refractivity (Wildman–Crippen MR) is 94.4 cm³/mol. The van der Waals surface area contributed by atoms with Crippen LogP contribution < -0.4 is 0 Å². The first-order valence-corrected chi connectivity index (χ1v) is 6.84. The minimum Gasteiger partial charge on any atom is -0.699 e. The van der Waals surface area contributed by atoms with Crippen LogP contribution in [-0.2, 0) is 39.0 Å². The second-order valence-electron chi connectivity index (χ2n) is 3.84. The van der Waals surface area contributed by atoms with E-state index >= 15 is 0 Å². The van der Waals surface area contributed by atoms with E-state index in [0.717, 1.165) is 11.4 Å². The molecule has 0 heterocycles. The number of nitrogens with zero attached hydrogens (tertiary/aromatic N) is 2. The molecule has 158 valence electrons. The number of para-hydroxylation sites is 2. The molecule has 0 spiro atoms. The number of rotatable bonds is 4. The second-order valence-corrected chi connectivity index (χ2v) is 3.84. The monoisotopic (exact) mass is 572 g/mol. The molecule has 0 saturated carbocycles. The van der Waals surface area contributed by atoms with Gasteiger partial charge in [-0.25, -0.2) is 16.3 Å². The van der Waals surface area contributed by atoms with Gasteiger partial charge in [0.2, 0.25) is 0 Å². The van der Waals surface area contributed by atoms with Gasteiger partial charge in [-0.1, -0.05) is 60.7 Å². The van der Waals surface area contributed by atoms with E-state index in [1.807, 2.05) is 60.7 Å². The summed E-state index contributed by atoms with van der Waals surface area (Å²) in [7, 11) is 0. The minimum absolute atomic E-state index is 0. The van der Waals surface area contributed by atoms with Crippen LogP contribution in [0.5, 0.6) is 0 Å². The van der Waals surface area contributed by atoms with Crippen molar-refractivity contribution in [2.45, 2.75) is 0 Å². The predicted octanol–water partition coefficient (Wildman–Crippen LogP) is 3.72. The van der Waals surface area contributed by atoms with Gasteiger partial charge >= 0.3 is 51.3 Å². The third-order valence-electron chi connectivity index (χ3n) is 2.02. The standard InChI is InChI=1S/C13H12N2.2CH2O3.CH4O2.2Ru/c1-3-7-12(8-4-1)14-11-15-13-9-5-2-6-10-13;2*2-1(3)4;2-1-3;;/h1-10H,11H2;2*(H2,2,3,4);2-3H,1H2;;/q-2;;;;2*+1. The Hall–Kier alpha value is -2.25. The van der Waals surface area contributed by atoms with E-state index in [-0.39, 0.29) is 39.0 Å². The molecule has 10 nitrogen and oxygen atoms in total. The molecule has 2 aromatic rings. The van der Waals surface area contributed by atoms with E-state index in [0.29, 0.717) is 6.67 Å². The smallest absolute Gasteiger partial charge is 0.699 e. The van der Waals surface area contributed by atoms with Crippen molar-refractivity contribution in [3.63, 3.8) is 0 Å². The molecule has 0 saturated heterocycles. The van der Waals surface area contributed by atoms with Crippen LogP contribution in [0.15, 0.2) is 60.7 Å². The number of carboxylic acid groups (broad SMARTS) is 4. The van der Waals surface area contributed by atoms with Crippen LogP contribution in [0.4, 0.5) is 21.0 Å². The Morgan fingerprint density at radius 1 is 0.643 bits per heavy atom. The van der Waals surface area contributed by atoms with Crippen LogP contribution in [0.1, 0.15) is 0 Å².